The highest BCUT2D eigenvalue weighted by atomic mass is 16.5. The van der Waals surface area contributed by atoms with Crippen LogP contribution in [-0.2, 0) is 14.3 Å². The van der Waals surface area contributed by atoms with Crippen molar-refractivity contribution in [3.8, 4) is 0 Å². The van der Waals surface area contributed by atoms with Crippen LogP contribution >= 0.6 is 0 Å². The summed E-state index contributed by atoms with van der Waals surface area (Å²) < 4.78 is 5.06. The van der Waals surface area contributed by atoms with E-state index in [-0.39, 0.29) is 0 Å². The lowest BCUT2D eigenvalue weighted by Crippen LogP contribution is -2.48. The molecule has 0 spiro atoms. The number of hydrogen-bond acceptors (Lipinski definition) is 4. The number of primary amides is 1. The second kappa shape index (κ2) is 8.29. The van der Waals surface area contributed by atoms with Gasteiger partial charge in [0.2, 0.25) is 5.91 Å². The Bertz CT molecular complexity index is 308. The molecule has 3 amide bonds. The first kappa shape index (κ1) is 16.2. The van der Waals surface area contributed by atoms with Crippen LogP contribution in [0, 0.1) is 0 Å². The van der Waals surface area contributed by atoms with Crippen molar-refractivity contribution in [2.45, 2.75) is 19.4 Å². The number of carboxylic acids is 1. The van der Waals surface area contributed by atoms with Gasteiger partial charge >= 0.3 is 12.0 Å². The Hall–Kier alpha value is -1.83. The molecule has 0 aromatic rings. The molecule has 0 aromatic heterocycles. The number of hydrogen-bond donors (Lipinski definition) is 3. The monoisotopic (exact) mass is 261 g/mol. The molecule has 0 aromatic carbocycles. The van der Waals surface area contributed by atoms with Crippen molar-refractivity contribution in [2.75, 3.05) is 26.8 Å². The molecule has 0 saturated heterocycles. The molecule has 1 atom stereocenters. The summed E-state index contributed by atoms with van der Waals surface area (Å²) in [6.07, 6.45) is -0.444. The van der Waals surface area contributed by atoms with E-state index in [0.717, 1.165) is 0 Å². The first-order chi connectivity index (χ1) is 8.38. The van der Waals surface area contributed by atoms with Gasteiger partial charge in [0.15, 0.2) is 0 Å². The number of rotatable bonds is 8. The predicted octanol–water partition coefficient (Wildman–Crippen LogP) is -1.01. The van der Waals surface area contributed by atoms with E-state index < -0.39 is 30.4 Å². The molecule has 8 nitrogen and oxygen atoms in total. The highest BCUT2D eigenvalue weighted by molar-refractivity contribution is 5.87. The second-order valence-corrected chi connectivity index (χ2v) is 3.63. The summed E-state index contributed by atoms with van der Waals surface area (Å²) >= 11 is 0. The number of nitrogens with one attached hydrogen (secondary N) is 1. The smallest absolute Gasteiger partial charge is 0.326 e. The van der Waals surface area contributed by atoms with Crippen molar-refractivity contribution in [3.05, 3.63) is 0 Å². The number of amides is 3. The second-order valence-electron chi connectivity index (χ2n) is 3.63. The van der Waals surface area contributed by atoms with Gasteiger partial charge in [-0.05, 0) is 6.92 Å². The fourth-order valence-corrected chi connectivity index (χ4v) is 1.11. The zero-order valence-corrected chi connectivity index (χ0v) is 10.5. The van der Waals surface area contributed by atoms with Crippen LogP contribution in [0.15, 0.2) is 0 Å². The number of carbonyl (C=O) groups is 3. The van der Waals surface area contributed by atoms with E-state index in [4.69, 9.17) is 15.6 Å². The third-order valence-electron chi connectivity index (χ3n) is 2.12. The summed E-state index contributed by atoms with van der Waals surface area (Å²) in [6, 6.07) is -1.91. The van der Waals surface area contributed by atoms with E-state index in [1.54, 1.807) is 0 Å². The van der Waals surface area contributed by atoms with Gasteiger partial charge < -0.3 is 25.8 Å². The number of nitrogens with two attached hydrogens (primary N) is 1. The van der Waals surface area contributed by atoms with Gasteiger partial charge in [-0.15, -0.1) is 0 Å². The standard InChI is InChI=1S/C10H19N3O5/c1-3-18-5-4-13(2)10(17)12-7(9(15)16)6-8(11)14/h7H,3-6H2,1-2H3,(H2,11,14)(H,12,17)(H,15,16). The SMILES string of the molecule is CCOCCN(C)C(=O)NC(CC(N)=O)C(=O)O. The van der Waals surface area contributed by atoms with Crippen LogP contribution in [0.1, 0.15) is 13.3 Å². The molecular weight excluding hydrogens is 242 g/mol. The summed E-state index contributed by atoms with van der Waals surface area (Å²) in [5.74, 6) is -2.10. The largest absolute Gasteiger partial charge is 0.480 e. The quantitative estimate of drug-likeness (QED) is 0.483. The van der Waals surface area contributed by atoms with Gasteiger partial charge in [0.25, 0.3) is 0 Å². The van der Waals surface area contributed by atoms with Crippen LogP contribution in [0.4, 0.5) is 4.79 Å². The zero-order valence-electron chi connectivity index (χ0n) is 10.5. The van der Waals surface area contributed by atoms with Crippen molar-refractivity contribution in [3.63, 3.8) is 0 Å². The molecule has 0 heterocycles. The maximum Gasteiger partial charge on any atom is 0.326 e. The molecule has 1 unspecified atom stereocenters. The average molecular weight is 261 g/mol. The van der Waals surface area contributed by atoms with Gasteiger partial charge in [0, 0.05) is 20.2 Å². The summed E-state index contributed by atoms with van der Waals surface area (Å²) in [5, 5.41) is 11.0. The molecule has 0 aliphatic rings. The lowest BCUT2D eigenvalue weighted by Gasteiger charge is -2.20. The van der Waals surface area contributed by atoms with E-state index in [0.29, 0.717) is 19.8 Å². The third-order valence-corrected chi connectivity index (χ3v) is 2.12. The van der Waals surface area contributed by atoms with Crippen molar-refractivity contribution >= 4 is 17.9 Å². The van der Waals surface area contributed by atoms with Gasteiger partial charge in [-0.3, -0.25) is 4.79 Å². The molecular formula is C10H19N3O5. The molecule has 0 rings (SSSR count). The number of urea groups is 1. The lowest BCUT2D eigenvalue weighted by atomic mass is 10.2. The fourth-order valence-electron chi connectivity index (χ4n) is 1.11. The van der Waals surface area contributed by atoms with Crippen LogP contribution in [-0.4, -0.2) is 60.8 Å². The Morgan fingerprint density at radius 1 is 1.44 bits per heavy atom. The third kappa shape index (κ3) is 6.69. The van der Waals surface area contributed by atoms with Gasteiger partial charge in [-0.2, -0.15) is 0 Å². The van der Waals surface area contributed by atoms with Crippen LogP contribution in [0.5, 0.6) is 0 Å². The molecule has 0 aliphatic carbocycles. The van der Waals surface area contributed by atoms with Crippen LogP contribution in [0.3, 0.4) is 0 Å². The Kier molecular flexibility index (Phi) is 7.45. The number of carboxylic acid groups (broad SMARTS) is 1. The fraction of sp³-hybridized carbons (Fsp3) is 0.700. The van der Waals surface area contributed by atoms with Crippen molar-refractivity contribution in [1.29, 1.82) is 0 Å². The van der Waals surface area contributed by atoms with Gasteiger partial charge in [0.1, 0.15) is 6.04 Å². The maximum atomic E-state index is 11.6. The molecule has 4 N–H and O–H groups in total. The Balaban J connectivity index is 4.23. The van der Waals surface area contributed by atoms with Crippen molar-refractivity contribution < 1.29 is 24.2 Å². The zero-order chi connectivity index (χ0) is 14.1. The Morgan fingerprint density at radius 3 is 2.50 bits per heavy atom. The minimum absolute atomic E-state index is 0.322. The summed E-state index contributed by atoms with van der Waals surface area (Å²) in [6.45, 7) is 3.04. The van der Waals surface area contributed by atoms with Crippen molar-refractivity contribution in [2.24, 2.45) is 5.73 Å². The summed E-state index contributed by atoms with van der Waals surface area (Å²) in [5.41, 5.74) is 4.89. The lowest BCUT2D eigenvalue weighted by molar-refractivity contribution is -0.140. The molecule has 0 aliphatic heterocycles. The van der Waals surface area contributed by atoms with Crippen LogP contribution < -0.4 is 11.1 Å². The molecule has 18 heavy (non-hydrogen) atoms. The highest BCUT2D eigenvalue weighted by Crippen LogP contribution is 1.94. The van der Waals surface area contributed by atoms with Crippen molar-refractivity contribution in [1.82, 2.24) is 10.2 Å². The molecule has 104 valence electrons. The van der Waals surface area contributed by atoms with Crippen LogP contribution in [0.2, 0.25) is 0 Å². The topological polar surface area (TPSA) is 122 Å². The highest BCUT2D eigenvalue weighted by Gasteiger charge is 2.23. The molecule has 0 saturated carbocycles. The van der Waals surface area contributed by atoms with E-state index in [1.165, 1.54) is 11.9 Å². The van der Waals surface area contributed by atoms with Gasteiger partial charge in [0.05, 0.1) is 13.0 Å². The molecule has 8 heteroatoms. The number of likely N-dealkylation sites (N-methyl/N-ethyl adjacent to an activating group) is 1. The van der Waals surface area contributed by atoms with E-state index in [1.807, 2.05) is 6.92 Å². The number of nitrogens with zero attached hydrogens (tertiary/aromatic N) is 1. The first-order valence-corrected chi connectivity index (χ1v) is 5.49. The molecule has 0 fully saturated rings. The summed E-state index contributed by atoms with van der Waals surface area (Å²) in [7, 11) is 1.50. The minimum Gasteiger partial charge on any atom is -0.480 e. The Labute approximate surface area is 105 Å². The Morgan fingerprint density at radius 2 is 2.06 bits per heavy atom. The number of carbonyl (C=O) groups excluding carboxylic acids is 2. The normalized spacial score (nSPS) is 11.7. The van der Waals surface area contributed by atoms with Gasteiger partial charge in [-0.1, -0.05) is 0 Å². The van der Waals surface area contributed by atoms with Crippen LogP contribution in [0.25, 0.3) is 0 Å². The van der Waals surface area contributed by atoms with Gasteiger partial charge in [-0.25, -0.2) is 9.59 Å². The number of ether oxygens (including phenoxy) is 1. The van der Waals surface area contributed by atoms with E-state index >= 15 is 0 Å². The van der Waals surface area contributed by atoms with E-state index in [9.17, 15) is 14.4 Å². The molecule has 0 bridgehead atoms. The predicted molar refractivity (Wildman–Crippen MR) is 62.9 cm³/mol. The number of aliphatic carboxylic acids is 1. The maximum absolute atomic E-state index is 11.6. The van der Waals surface area contributed by atoms with E-state index in [2.05, 4.69) is 5.32 Å². The average Bonchev–Trinajstić information content (AvgIpc) is 2.27. The molecule has 0 radical (unpaired) electrons. The first-order valence-electron chi connectivity index (χ1n) is 5.49. The minimum atomic E-state index is -1.32. The summed E-state index contributed by atoms with van der Waals surface area (Å²) in [4.78, 5) is 34.3.